The van der Waals surface area contributed by atoms with E-state index in [0.717, 1.165) is 16.3 Å². The fourth-order valence-electron chi connectivity index (χ4n) is 2.57. The minimum Gasteiger partial charge on any atom is -0.341 e. The zero-order valence-electron chi connectivity index (χ0n) is 13.9. The van der Waals surface area contributed by atoms with Gasteiger partial charge in [-0.3, -0.25) is 4.79 Å². The average molecular weight is 336 g/mol. The molecule has 0 aliphatic carbocycles. The van der Waals surface area contributed by atoms with Crippen molar-refractivity contribution >= 4 is 17.2 Å². The van der Waals surface area contributed by atoms with Crippen molar-refractivity contribution < 1.29 is 4.79 Å². The third kappa shape index (κ3) is 4.09. The van der Waals surface area contributed by atoms with Gasteiger partial charge in [-0.25, -0.2) is 4.98 Å². The highest BCUT2D eigenvalue weighted by Crippen LogP contribution is 2.19. The molecule has 0 saturated carbocycles. The van der Waals surface area contributed by atoms with Crippen LogP contribution in [0.5, 0.6) is 0 Å². The van der Waals surface area contributed by atoms with Crippen LogP contribution in [0.15, 0.2) is 60.0 Å². The van der Waals surface area contributed by atoms with Crippen molar-refractivity contribution in [1.29, 1.82) is 0 Å². The van der Waals surface area contributed by atoms with Gasteiger partial charge in [0.15, 0.2) is 0 Å². The Balaban J connectivity index is 1.62. The number of benzene rings is 2. The summed E-state index contributed by atoms with van der Waals surface area (Å²) in [5.41, 5.74) is 4.37. The zero-order chi connectivity index (χ0) is 16.9. The Bertz CT molecular complexity index is 809. The summed E-state index contributed by atoms with van der Waals surface area (Å²) in [7, 11) is 1.84. The lowest BCUT2D eigenvalue weighted by Crippen LogP contribution is -2.27. The molecule has 0 aliphatic heterocycles. The van der Waals surface area contributed by atoms with Gasteiger partial charge in [-0.1, -0.05) is 54.6 Å². The van der Waals surface area contributed by atoms with E-state index in [-0.39, 0.29) is 5.91 Å². The predicted molar refractivity (Wildman–Crippen MR) is 98.9 cm³/mol. The van der Waals surface area contributed by atoms with Crippen LogP contribution in [0.1, 0.15) is 16.3 Å². The van der Waals surface area contributed by atoms with E-state index < -0.39 is 0 Å². The Kier molecular flexibility index (Phi) is 5.06. The van der Waals surface area contributed by atoms with E-state index in [9.17, 15) is 4.79 Å². The largest absolute Gasteiger partial charge is 0.341 e. The molecule has 122 valence electrons. The third-order valence-electron chi connectivity index (χ3n) is 3.91. The summed E-state index contributed by atoms with van der Waals surface area (Å²) in [6.45, 7) is 2.56. The van der Waals surface area contributed by atoms with Crippen LogP contribution in [0.25, 0.3) is 11.1 Å². The van der Waals surface area contributed by atoms with Gasteiger partial charge in [-0.05, 0) is 23.6 Å². The second-order valence-electron chi connectivity index (χ2n) is 5.85. The molecule has 0 bridgehead atoms. The van der Waals surface area contributed by atoms with Crippen molar-refractivity contribution in [2.45, 2.75) is 19.9 Å². The second-order valence-corrected chi connectivity index (χ2v) is 6.91. The monoisotopic (exact) mass is 336 g/mol. The molecule has 3 nitrogen and oxygen atoms in total. The Hall–Kier alpha value is -2.46. The van der Waals surface area contributed by atoms with Crippen molar-refractivity contribution in [2.75, 3.05) is 7.05 Å². The van der Waals surface area contributed by atoms with E-state index in [4.69, 9.17) is 0 Å². The summed E-state index contributed by atoms with van der Waals surface area (Å²) in [5, 5.41) is 2.95. The lowest BCUT2D eigenvalue weighted by Gasteiger charge is -2.17. The minimum absolute atomic E-state index is 0.0902. The van der Waals surface area contributed by atoms with Crippen LogP contribution in [0.3, 0.4) is 0 Å². The maximum Gasteiger partial charge on any atom is 0.228 e. The molecule has 1 aromatic heterocycles. The molecule has 3 aromatic rings. The molecule has 0 fully saturated rings. The number of hydrogen-bond donors (Lipinski definition) is 0. The zero-order valence-corrected chi connectivity index (χ0v) is 14.7. The lowest BCUT2D eigenvalue weighted by molar-refractivity contribution is -0.129. The van der Waals surface area contributed by atoms with Gasteiger partial charge in [0.05, 0.1) is 17.1 Å². The Morgan fingerprint density at radius 2 is 1.71 bits per heavy atom. The number of rotatable bonds is 5. The molecule has 0 atom stereocenters. The second kappa shape index (κ2) is 7.41. The maximum absolute atomic E-state index is 12.3. The number of hydrogen-bond acceptors (Lipinski definition) is 3. The van der Waals surface area contributed by atoms with Crippen LogP contribution in [-0.4, -0.2) is 22.8 Å². The number of thiazole rings is 1. The van der Waals surface area contributed by atoms with Gasteiger partial charge in [0.2, 0.25) is 5.91 Å². The van der Waals surface area contributed by atoms with Crippen LogP contribution in [-0.2, 0) is 17.8 Å². The summed E-state index contributed by atoms with van der Waals surface area (Å²) < 4.78 is 0. The van der Waals surface area contributed by atoms with Crippen LogP contribution in [0.2, 0.25) is 0 Å². The number of aryl methyl sites for hydroxylation is 1. The van der Waals surface area contributed by atoms with E-state index in [1.807, 2.05) is 37.6 Å². The van der Waals surface area contributed by atoms with E-state index in [1.54, 1.807) is 16.2 Å². The molecule has 1 amide bonds. The van der Waals surface area contributed by atoms with Crippen LogP contribution < -0.4 is 0 Å². The molecule has 0 unspecified atom stereocenters. The van der Waals surface area contributed by atoms with Gasteiger partial charge in [-0.2, -0.15) is 0 Å². The fraction of sp³-hybridized carbons (Fsp3) is 0.200. The first-order valence-corrected chi connectivity index (χ1v) is 8.79. The normalized spacial score (nSPS) is 10.6. The quantitative estimate of drug-likeness (QED) is 0.695. The van der Waals surface area contributed by atoms with Gasteiger partial charge in [0, 0.05) is 19.0 Å². The van der Waals surface area contributed by atoms with Gasteiger partial charge in [0.1, 0.15) is 0 Å². The van der Waals surface area contributed by atoms with Gasteiger partial charge >= 0.3 is 0 Å². The highest BCUT2D eigenvalue weighted by atomic mass is 32.1. The smallest absolute Gasteiger partial charge is 0.228 e. The maximum atomic E-state index is 12.3. The number of carbonyl (C=O) groups excluding carboxylic acids is 1. The lowest BCUT2D eigenvalue weighted by atomic mass is 10.0. The van der Waals surface area contributed by atoms with E-state index in [1.165, 1.54) is 11.1 Å². The number of amides is 1. The number of nitrogens with zero attached hydrogens (tertiary/aromatic N) is 2. The Morgan fingerprint density at radius 3 is 2.33 bits per heavy atom. The van der Waals surface area contributed by atoms with Crippen molar-refractivity contribution in [3.05, 3.63) is 76.2 Å². The molecule has 4 heteroatoms. The Morgan fingerprint density at radius 1 is 1.04 bits per heavy atom. The van der Waals surface area contributed by atoms with Crippen LogP contribution >= 0.6 is 11.3 Å². The molecule has 3 rings (SSSR count). The summed E-state index contributed by atoms with van der Waals surface area (Å²) in [5.74, 6) is 0.0902. The van der Waals surface area contributed by atoms with E-state index in [2.05, 4.69) is 41.4 Å². The fourth-order valence-corrected chi connectivity index (χ4v) is 3.19. The van der Waals surface area contributed by atoms with Crippen LogP contribution in [0.4, 0.5) is 0 Å². The first-order chi connectivity index (χ1) is 11.6. The van der Waals surface area contributed by atoms with Gasteiger partial charge in [-0.15, -0.1) is 11.3 Å². The number of aromatic nitrogens is 1. The van der Waals surface area contributed by atoms with Crippen LogP contribution in [0, 0.1) is 6.92 Å². The SMILES string of the molecule is Cc1nc(CC(=O)N(C)Cc2ccc(-c3ccccc3)cc2)cs1. The Labute approximate surface area is 146 Å². The molecule has 2 aromatic carbocycles. The molecule has 0 spiro atoms. The molecular formula is C20H20N2OS. The topological polar surface area (TPSA) is 33.2 Å². The van der Waals surface area contributed by atoms with Gasteiger partial charge < -0.3 is 4.90 Å². The van der Waals surface area contributed by atoms with Crippen molar-refractivity contribution in [3.63, 3.8) is 0 Å². The highest BCUT2D eigenvalue weighted by molar-refractivity contribution is 7.09. The molecule has 0 aliphatic rings. The highest BCUT2D eigenvalue weighted by Gasteiger charge is 2.12. The summed E-state index contributed by atoms with van der Waals surface area (Å²) in [6, 6.07) is 18.7. The molecular weight excluding hydrogens is 316 g/mol. The first-order valence-electron chi connectivity index (χ1n) is 7.91. The number of carbonyl (C=O) groups is 1. The standard InChI is InChI=1S/C20H20N2OS/c1-15-21-19(14-24-15)12-20(23)22(2)13-16-8-10-18(11-9-16)17-6-4-3-5-7-17/h3-11,14H,12-13H2,1-2H3. The minimum atomic E-state index is 0.0902. The summed E-state index contributed by atoms with van der Waals surface area (Å²) in [4.78, 5) is 18.4. The molecule has 24 heavy (non-hydrogen) atoms. The van der Waals surface area contributed by atoms with Crippen molar-refractivity contribution in [2.24, 2.45) is 0 Å². The molecule has 0 radical (unpaired) electrons. The third-order valence-corrected chi connectivity index (χ3v) is 4.73. The summed E-state index contributed by atoms with van der Waals surface area (Å²) in [6.07, 6.45) is 0.364. The van der Waals surface area contributed by atoms with Crippen molar-refractivity contribution in [1.82, 2.24) is 9.88 Å². The van der Waals surface area contributed by atoms with Crippen molar-refractivity contribution in [3.8, 4) is 11.1 Å². The predicted octanol–water partition coefficient (Wildman–Crippen LogP) is 4.32. The molecule has 0 saturated heterocycles. The molecule has 1 heterocycles. The molecule has 0 N–H and O–H groups in total. The number of likely N-dealkylation sites (N-methyl/N-ethyl adjacent to an activating group) is 1. The van der Waals surface area contributed by atoms with E-state index >= 15 is 0 Å². The van der Waals surface area contributed by atoms with E-state index in [0.29, 0.717) is 13.0 Å². The first kappa shape index (κ1) is 16.4. The average Bonchev–Trinajstić information content (AvgIpc) is 3.01. The summed E-state index contributed by atoms with van der Waals surface area (Å²) >= 11 is 1.58. The van der Waals surface area contributed by atoms with Gasteiger partial charge in [0.25, 0.3) is 0 Å².